The lowest BCUT2D eigenvalue weighted by atomic mass is 9.58. The van der Waals surface area contributed by atoms with Gasteiger partial charge in [-0.05, 0) is 110 Å². The van der Waals surface area contributed by atoms with Crippen LogP contribution in [0.4, 0.5) is 5.69 Å². The maximum atomic E-state index is 12.7. The number of nitrogens with one attached hydrogen (secondary N) is 2. The topological polar surface area (TPSA) is 67.4 Å². The molecule has 1 aliphatic carbocycles. The molecule has 1 atom stereocenters. The molecule has 0 aromatic heterocycles. The SMILES string of the molecule is C=C/C(=C\C=C/C)S(=O)(=O)Nc1ccc(Oc2ccc3c(c2)C(C2(c4ccc(CC)cc4)CCC2)NCC3)cc1. The van der Waals surface area contributed by atoms with Gasteiger partial charge in [0.2, 0.25) is 0 Å². The molecular formula is C34H38N2O3S. The minimum absolute atomic E-state index is 0.102. The molecule has 0 radical (unpaired) electrons. The van der Waals surface area contributed by atoms with Gasteiger partial charge >= 0.3 is 0 Å². The number of allylic oxidation sites excluding steroid dienone is 4. The van der Waals surface area contributed by atoms with Crippen molar-refractivity contribution < 1.29 is 13.2 Å². The van der Waals surface area contributed by atoms with Crippen molar-refractivity contribution in [1.29, 1.82) is 0 Å². The first kappa shape index (κ1) is 27.9. The van der Waals surface area contributed by atoms with E-state index in [0.717, 1.165) is 25.1 Å². The Morgan fingerprint density at radius 1 is 1.07 bits per heavy atom. The van der Waals surface area contributed by atoms with Crippen molar-refractivity contribution in [3.05, 3.63) is 125 Å². The Morgan fingerprint density at radius 2 is 1.80 bits per heavy atom. The lowest BCUT2D eigenvalue weighted by molar-refractivity contribution is 0.164. The Hall–Kier alpha value is -3.61. The van der Waals surface area contributed by atoms with Gasteiger partial charge in [-0.2, -0.15) is 0 Å². The number of rotatable bonds is 10. The fourth-order valence-corrected chi connectivity index (χ4v) is 6.90. The highest BCUT2D eigenvalue weighted by Crippen LogP contribution is 2.53. The minimum Gasteiger partial charge on any atom is -0.457 e. The molecule has 0 saturated heterocycles. The van der Waals surface area contributed by atoms with Gasteiger partial charge in [0.15, 0.2) is 0 Å². The van der Waals surface area contributed by atoms with E-state index in [9.17, 15) is 8.42 Å². The lowest BCUT2D eigenvalue weighted by Gasteiger charge is -2.50. The molecule has 2 N–H and O–H groups in total. The summed E-state index contributed by atoms with van der Waals surface area (Å²) in [6.07, 6.45) is 11.9. The predicted octanol–water partition coefficient (Wildman–Crippen LogP) is 7.74. The van der Waals surface area contributed by atoms with E-state index in [1.165, 1.54) is 53.7 Å². The Bertz CT molecular complexity index is 1520. The number of anilines is 1. The summed E-state index contributed by atoms with van der Waals surface area (Å²) in [5.74, 6) is 1.42. The highest BCUT2D eigenvalue weighted by atomic mass is 32.2. The largest absolute Gasteiger partial charge is 0.457 e. The predicted molar refractivity (Wildman–Crippen MR) is 164 cm³/mol. The standard InChI is InChI=1S/C34H38N2O3S/c1-4-7-9-31(6-3)40(37,38)36-28-15-18-29(19-16-28)39-30-17-12-26-20-23-35-33(32(26)24-30)34(21-8-22-34)27-13-10-25(5-2)11-14-27/h4,6-7,9-19,24,33,35-36H,3,5,8,20-23H2,1-2H3/b7-4-,31-9+. The van der Waals surface area contributed by atoms with Crippen molar-refractivity contribution in [1.82, 2.24) is 5.32 Å². The summed E-state index contributed by atoms with van der Waals surface area (Å²) in [4.78, 5) is 0.105. The molecule has 1 fully saturated rings. The average Bonchev–Trinajstić information content (AvgIpc) is 2.94. The fraction of sp³-hybridized carbons (Fsp3) is 0.294. The first-order valence-electron chi connectivity index (χ1n) is 14.1. The van der Waals surface area contributed by atoms with Gasteiger partial charge in [-0.25, -0.2) is 8.42 Å². The third-order valence-electron chi connectivity index (χ3n) is 8.21. The minimum atomic E-state index is -3.73. The molecule has 0 amide bonds. The number of fused-ring (bicyclic) bond motifs is 1. The van der Waals surface area contributed by atoms with E-state index in [1.54, 1.807) is 36.4 Å². The quantitative estimate of drug-likeness (QED) is 0.252. The number of hydrogen-bond donors (Lipinski definition) is 2. The highest BCUT2D eigenvalue weighted by molar-refractivity contribution is 7.96. The summed E-state index contributed by atoms with van der Waals surface area (Å²) in [7, 11) is -3.73. The molecular weight excluding hydrogens is 516 g/mol. The Labute approximate surface area is 238 Å². The zero-order valence-corrected chi connectivity index (χ0v) is 24.1. The molecule has 3 aromatic rings. The summed E-state index contributed by atoms with van der Waals surface area (Å²) in [5.41, 5.74) is 6.04. The van der Waals surface area contributed by atoms with Crippen LogP contribution in [0, 0.1) is 0 Å². The maximum absolute atomic E-state index is 12.7. The molecule has 5 nitrogen and oxygen atoms in total. The second kappa shape index (κ2) is 11.9. The van der Waals surface area contributed by atoms with E-state index in [1.807, 2.05) is 13.0 Å². The molecule has 1 aliphatic heterocycles. The van der Waals surface area contributed by atoms with Crippen molar-refractivity contribution in [3.8, 4) is 11.5 Å². The maximum Gasteiger partial charge on any atom is 0.261 e. The van der Waals surface area contributed by atoms with Crippen molar-refractivity contribution in [2.24, 2.45) is 0 Å². The second-order valence-corrected chi connectivity index (χ2v) is 12.3. The zero-order chi connectivity index (χ0) is 28.2. The molecule has 0 bridgehead atoms. The first-order valence-corrected chi connectivity index (χ1v) is 15.6. The van der Waals surface area contributed by atoms with Gasteiger partial charge in [0.25, 0.3) is 10.0 Å². The van der Waals surface area contributed by atoms with Crippen molar-refractivity contribution in [2.45, 2.75) is 57.4 Å². The Morgan fingerprint density at radius 3 is 2.42 bits per heavy atom. The molecule has 208 valence electrons. The first-order chi connectivity index (χ1) is 19.4. The molecule has 2 aliphatic rings. The molecule has 3 aromatic carbocycles. The van der Waals surface area contributed by atoms with Gasteiger partial charge < -0.3 is 10.1 Å². The molecule has 40 heavy (non-hydrogen) atoms. The van der Waals surface area contributed by atoms with Crippen molar-refractivity contribution in [2.75, 3.05) is 11.3 Å². The van der Waals surface area contributed by atoms with Crippen LogP contribution in [0.5, 0.6) is 11.5 Å². The normalized spacial score (nSPS) is 18.6. The van der Waals surface area contributed by atoms with Gasteiger partial charge in [0, 0.05) is 17.1 Å². The number of aryl methyl sites for hydroxylation is 1. The molecule has 1 saturated carbocycles. The van der Waals surface area contributed by atoms with E-state index < -0.39 is 10.0 Å². The monoisotopic (exact) mass is 554 g/mol. The van der Waals surface area contributed by atoms with Gasteiger partial charge in [-0.15, -0.1) is 0 Å². The summed E-state index contributed by atoms with van der Waals surface area (Å²) in [5, 5.41) is 3.86. The molecule has 5 rings (SSSR count). The number of hydrogen-bond acceptors (Lipinski definition) is 4. The van der Waals surface area contributed by atoms with Gasteiger partial charge in [-0.3, -0.25) is 4.72 Å². The third kappa shape index (κ3) is 5.65. The van der Waals surface area contributed by atoms with Gasteiger partial charge in [-0.1, -0.05) is 62.4 Å². The van der Waals surface area contributed by atoms with E-state index >= 15 is 0 Å². The molecule has 1 unspecified atom stereocenters. The van der Waals surface area contributed by atoms with Crippen LogP contribution in [0.2, 0.25) is 0 Å². The third-order valence-corrected chi connectivity index (χ3v) is 9.64. The number of sulfonamides is 1. The van der Waals surface area contributed by atoms with Crippen LogP contribution in [-0.4, -0.2) is 15.0 Å². The Balaban J connectivity index is 1.35. The van der Waals surface area contributed by atoms with E-state index in [2.05, 4.69) is 59.9 Å². The summed E-state index contributed by atoms with van der Waals surface area (Å²) in [6.45, 7) is 8.62. The lowest BCUT2D eigenvalue weighted by Crippen LogP contribution is -2.49. The van der Waals surface area contributed by atoms with Gasteiger partial charge in [0.1, 0.15) is 11.5 Å². The highest BCUT2D eigenvalue weighted by Gasteiger charge is 2.47. The van der Waals surface area contributed by atoms with E-state index in [-0.39, 0.29) is 16.4 Å². The molecule has 1 heterocycles. The summed E-state index contributed by atoms with van der Waals surface area (Å²) in [6, 6.07) is 22.8. The number of ether oxygens (including phenoxy) is 1. The Kier molecular flexibility index (Phi) is 8.29. The summed E-state index contributed by atoms with van der Waals surface area (Å²) < 4.78 is 34.3. The van der Waals surface area contributed by atoms with Crippen LogP contribution in [-0.2, 0) is 28.3 Å². The van der Waals surface area contributed by atoms with Crippen LogP contribution in [0.1, 0.15) is 61.4 Å². The van der Waals surface area contributed by atoms with Gasteiger partial charge in [0.05, 0.1) is 4.91 Å². The number of benzene rings is 3. The zero-order valence-electron chi connectivity index (χ0n) is 23.3. The van der Waals surface area contributed by atoms with Crippen molar-refractivity contribution in [3.63, 3.8) is 0 Å². The summed E-state index contributed by atoms with van der Waals surface area (Å²) >= 11 is 0. The van der Waals surface area contributed by atoms with Crippen LogP contribution in [0.3, 0.4) is 0 Å². The fourth-order valence-electron chi connectivity index (χ4n) is 5.86. The van der Waals surface area contributed by atoms with Crippen LogP contribution >= 0.6 is 0 Å². The molecule has 6 heteroatoms. The average molecular weight is 555 g/mol. The van der Waals surface area contributed by atoms with Crippen LogP contribution in [0.15, 0.2) is 103 Å². The van der Waals surface area contributed by atoms with Crippen molar-refractivity contribution >= 4 is 15.7 Å². The molecule has 0 spiro atoms. The van der Waals surface area contributed by atoms with Crippen LogP contribution < -0.4 is 14.8 Å². The van der Waals surface area contributed by atoms with E-state index in [0.29, 0.717) is 11.4 Å². The van der Waals surface area contributed by atoms with Crippen LogP contribution in [0.25, 0.3) is 0 Å². The van der Waals surface area contributed by atoms with E-state index in [4.69, 9.17) is 4.74 Å². The second-order valence-electron chi connectivity index (χ2n) is 10.6. The smallest absolute Gasteiger partial charge is 0.261 e.